The van der Waals surface area contributed by atoms with Gasteiger partial charge in [-0.3, -0.25) is 4.79 Å². The van der Waals surface area contributed by atoms with Crippen molar-refractivity contribution in [1.82, 2.24) is 5.32 Å². The maximum Gasteiger partial charge on any atom is 0.223 e. The van der Waals surface area contributed by atoms with E-state index >= 15 is 0 Å². The van der Waals surface area contributed by atoms with Crippen molar-refractivity contribution < 1.29 is 4.79 Å². The van der Waals surface area contributed by atoms with Crippen molar-refractivity contribution in [1.29, 1.82) is 0 Å². The molecule has 0 atom stereocenters. The quantitative estimate of drug-likeness (QED) is 0.791. The Morgan fingerprint density at radius 3 is 2.44 bits per heavy atom. The van der Waals surface area contributed by atoms with Crippen LogP contribution in [0.3, 0.4) is 0 Å². The third kappa shape index (κ3) is 2.99. The molecule has 2 fully saturated rings. The monoisotopic (exact) mass is 287 g/mol. The lowest BCUT2D eigenvalue weighted by Crippen LogP contribution is -2.37. The minimum atomic E-state index is 0.294. The molecular formula is C13H22BrNO. The minimum absolute atomic E-state index is 0.294. The normalized spacial score (nSPS) is 32.1. The van der Waals surface area contributed by atoms with Crippen LogP contribution in [0.5, 0.6) is 0 Å². The van der Waals surface area contributed by atoms with Gasteiger partial charge in [-0.25, -0.2) is 0 Å². The Hall–Kier alpha value is -0.0500. The van der Waals surface area contributed by atoms with E-state index < -0.39 is 0 Å². The Morgan fingerprint density at radius 2 is 1.94 bits per heavy atom. The summed E-state index contributed by atoms with van der Waals surface area (Å²) in [4.78, 5) is 12.0. The number of rotatable bonds is 4. The molecule has 2 nitrogen and oxygen atoms in total. The third-order valence-corrected chi connectivity index (χ3v) is 5.45. The molecule has 0 aromatic rings. The van der Waals surface area contributed by atoms with Gasteiger partial charge in [0.25, 0.3) is 0 Å². The van der Waals surface area contributed by atoms with Gasteiger partial charge in [0.15, 0.2) is 0 Å². The van der Waals surface area contributed by atoms with Crippen molar-refractivity contribution in [3.05, 3.63) is 0 Å². The fraction of sp³-hybridized carbons (Fsp3) is 0.923. The van der Waals surface area contributed by atoms with Crippen LogP contribution in [0.15, 0.2) is 0 Å². The average molecular weight is 288 g/mol. The van der Waals surface area contributed by atoms with Gasteiger partial charge in [-0.05, 0) is 49.9 Å². The van der Waals surface area contributed by atoms with Crippen LogP contribution in [-0.2, 0) is 4.79 Å². The molecule has 2 saturated carbocycles. The first-order chi connectivity index (χ1) is 7.65. The molecule has 2 aliphatic carbocycles. The van der Waals surface area contributed by atoms with Gasteiger partial charge in [0.2, 0.25) is 5.91 Å². The van der Waals surface area contributed by atoms with Crippen LogP contribution < -0.4 is 5.32 Å². The van der Waals surface area contributed by atoms with Gasteiger partial charge in [-0.2, -0.15) is 0 Å². The van der Waals surface area contributed by atoms with Crippen LogP contribution in [0.1, 0.15) is 45.4 Å². The second-order valence-corrected chi connectivity index (χ2v) is 6.37. The van der Waals surface area contributed by atoms with E-state index in [9.17, 15) is 4.79 Å². The highest BCUT2D eigenvalue weighted by atomic mass is 79.9. The number of hydrogen-bond acceptors (Lipinski definition) is 1. The fourth-order valence-corrected chi connectivity index (χ4v) is 3.23. The van der Waals surface area contributed by atoms with E-state index in [2.05, 4.69) is 28.2 Å². The first-order valence-corrected chi connectivity index (χ1v) is 7.61. The largest absolute Gasteiger partial charge is 0.355 e. The summed E-state index contributed by atoms with van der Waals surface area (Å²) in [6, 6.07) is 0. The lowest BCUT2D eigenvalue weighted by Gasteiger charge is -2.26. The van der Waals surface area contributed by atoms with Crippen molar-refractivity contribution in [2.24, 2.45) is 17.3 Å². The summed E-state index contributed by atoms with van der Waals surface area (Å²) in [6.07, 6.45) is 7.16. The zero-order chi connectivity index (χ0) is 11.6. The zero-order valence-electron chi connectivity index (χ0n) is 10.1. The van der Waals surface area contributed by atoms with E-state index in [1.54, 1.807) is 0 Å². The van der Waals surface area contributed by atoms with E-state index in [-0.39, 0.29) is 0 Å². The topological polar surface area (TPSA) is 29.1 Å². The van der Waals surface area contributed by atoms with Gasteiger partial charge in [0.1, 0.15) is 0 Å². The zero-order valence-corrected chi connectivity index (χ0v) is 11.7. The molecular weight excluding hydrogens is 266 g/mol. The highest BCUT2D eigenvalue weighted by Crippen LogP contribution is 2.46. The molecule has 0 unspecified atom stereocenters. The van der Waals surface area contributed by atoms with Crippen LogP contribution in [-0.4, -0.2) is 17.8 Å². The van der Waals surface area contributed by atoms with E-state index in [0.29, 0.717) is 17.2 Å². The molecule has 0 aromatic heterocycles. The van der Waals surface area contributed by atoms with Crippen molar-refractivity contribution in [2.75, 3.05) is 11.9 Å². The van der Waals surface area contributed by atoms with Gasteiger partial charge in [-0.1, -0.05) is 22.9 Å². The highest BCUT2D eigenvalue weighted by molar-refractivity contribution is 9.09. The first-order valence-electron chi connectivity index (χ1n) is 6.49. The smallest absolute Gasteiger partial charge is 0.223 e. The summed E-state index contributed by atoms with van der Waals surface area (Å²) >= 11 is 3.54. The molecule has 1 amide bonds. The van der Waals surface area contributed by atoms with Crippen LogP contribution in [0.25, 0.3) is 0 Å². The number of carbonyl (C=O) groups excluding carboxylic acids is 1. The molecule has 0 bridgehead atoms. The van der Waals surface area contributed by atoms with Crippen LogP contribution in [0, 0.1) is 17.3 Å². The van der Waals surface area contributed by atoms with Gasteiger partial charge in [0.05, 0.1) is 0 Å². The SMILES string of the molecule is CC1CCC(C(=O)NCC2(CBr)CC2)CC1. The third-order valence-electron chi connectivity index (χ3n) is 4.26. The molecule has 0 aromatic carbocycles. The highest BCUT2D eigenvalue weighted by Gasteiger charge is 2.41. The molecule has 92 valence electrons. The van der Waals surface area contributed by atoms with Crippen molar-refractivity contribution >= 4 is 21.8 Å². The number of nitrogens with one attached hydrogen (secondary N) is 1. The predicted octanol–water partition coefficient (Wildman–Crippen LogP) is 3.10. The van der Waals surface area contributed by atoms with Crippen LogP contribution in [0.4, 0.5) is 0 Å². The molecule has 0 aliphatic heterocycles. The average Bonchev–Trinajstić information content (AvgIpc) is 3.08. The Morgan fingerprint density at radius 1 is 1.31 bits per heavy atom. The Bertz CT molecular complexity index is 255. The van der Waals surface area contributed by atoms with Crippen molar-refractivity contribution in [3.63, 3.8) is 0 Å². The second-order valence-electron chi connectivity index (χ2n) is 5.81. The number of carbonyl (C=O) groups is 1. The van der Waals surface area contributed by atoms with Crippen LogP contribution in [0.2, 0.25) is 0 Å². The Kier molecular flexibility index (Phi) is 3.93. The first kappa shape index (κ1) is 12.4. The molecule has 2 rings (SSSR count). The molecule has 1 N–H and O–H groups in total. The molecule has 0 saturated heterocycles. The number of hydrogen-bond donors (Lipinski definition) is 1. The minimum Gasteiger partial charge on any atom is -0.355 e. The summed E-state index contributed by atoms with van der Waals surface area (Å²) < 4.78 is 0. The maximum absolute atomic E-state index is 12.0. The van der Waals surface area contributed by atoms with Gasteiger partial charge in [-0.15, -0.1) is 0 Å². The van der Waals surface area contributed by atoms with Crippen LogP contribution >= 0.6 is 15.9 Å². The summed E-state index contributed by atoms with van der Waals surface area (Å²) in [6.45, 7) is 3.17. The predicted molar refractivity (Wildman–Crippen MR) is 69.6 cm³/mol. The molecule has 2 aliphatic rings. The Labute approximate surface area is 107 Å². The summed E-state index contributed by atoms with van der Waals surface area (Å²) in [7, 11) is 0. The molecule has 0 radical (unpaired) electrons. The number of amides is 1. The van der Waals surface area contributed by atoms with E-state index in [0.717, 1.165) is 30.6 Å². The molecule has 0 heterocycles. The summed E-state index contributed by atoms with van der Waals surface area (Å²) in [5.74, 6) is 1.42. The van der Waals surface area contributed by atoms with Gasteiger partial charge in [0, 0.05) is 17.8 Å². The molecule has 3 heteroatoms. The molecule has 0 spiro atoms. The standard InChI is InChI=1S/C13H22BrNO/c1-10-2-4-11(5-3-10)12(16)15-9-13(8-14)6-7-13/h10-11H,2-9H2,1H3,(H,15,16). The lowest BCUT2D eigenvalue weighted by molar-refractivity contribution is -0.126. The summed E-state index contributed by atoms with van der Waals surface area (Å²) in [5.41, 5.74) is 0.400. The number of halogens is 1. The van der Waals surface area contributed by atoms with E-state index in [1.165, 1.54) is 25.7 Å². The molecule has 16 heavy (non-hydrogen) atoms. The van der Waals surface area contributed by atoms with E-state index in [1.807, 2.05) is 0 Å². The van der Waals surface area contributed by atoms with Crippen molar-refractivity contribution in [2.45, 2.75) is 45.4 Å². The van der Waals surface area contributed by atoms with Gasteiger partial charge >= 0.3 is 0 Å². The fourth-order valence-electron chi connectivity index (χ4n) is 2.48. The van der Waals surface area contributed by atoms with E-state index in [4.69, 9.17) is 0 Å². The lowest BCUT2D eigenvalue weighted by atomic mass is 9.82. The van der Waals surface area contributed by atoms with Gasteiger partial charge < -0.3 is 5.32 Å². The maximum atomic E-state index is 12.0. The second kappa shape index (κ2) is 5.07. The Balaban J connectivity index is 1.71. The summed E-state index contributed by atoms with van der Waals surface area (Å²) in [5, 5.41) is 4.18. The number of alkyl halides is 1. The van der Waals surface area contributed by atoms with Crippen molar-refractivity contribution in [3.8, 4) is 0 Å².